The first-order valence-corrected chi connectivity index (χ1v) is 10.8. The molecule has 0 radical (unpaired) electrons. The highest BCUT2D eigenvalue weighted by molar-refractivity contribution is 7.98. The first-order valence-electron chi connectivity index (χ1n) is 9.53. The van der Waals surface area contributed by atoms with Gasteiger partial charge in [0.25, 0.3) is 0 Å². The minimum Gasteiger partial charge on any atom is -0.489 e. The van der Waals surface area contributed by atoms with Crippen LogP contribution in [0.3, 0.4) is 0 Å². The number of aromatic nitrogens is 1. The number of benzene rings is 2. The van der Waals surface area contributed by atoms with E-state index in [1.165, 1.54) is 4.90 Å². The van der Waals surface area contributed by atoms with E-state index >= 15 is 0 Å². The molecule has 1 aromatic heterocycles. The van der Waals surface area contributed by atoms with Crippen LogP contribution in [-0.4, -0.2) is 17.3 Å². The van der Waals surface area contributed by atoms with Crippen LogP contribution >= 0.6 is 11.8 Å². The van der Waals surface area contributed by atoms with E-state index < -0.39 is 0 Å². The van der Waals surface area contributed by atoms with Crippen LogP contribution < -0.4 is 10.1 Å². The Morgan fingerprint density at radius 3 is 2.41 bits per heavy atom. The molecule has 2 aromatic carbocycles. The summed E-state index contributed by atoms with van der Waals surface area (Å²) in [6, 6.07) is 15.8. The molecule has 0 saturated carbocycles. The maximum atomic E-state index is 12.4. The van der Waals surface area contributed by atoms with Crippen LogP contribution in [0.2, 0.25) is 0 Å². The van der Waals surface area contributed by atoms with E-state index in [2.05, 4.69) is 34.7 Å². The van der Waals surface area contributed by atoms with Crippen molar-refractivity contribution in [3.63, 3.8) is 0 Å². The van der Waals surface area contributed by atoms with Gasteiger partial charge in [0.05, 0.1) is 23.7 Å². The summed E-state index contributed by atoms with van der Waals surface area (Å²) in [4.78, 5) is 13.6. The fraction of sp³-hybridized carbons (Fsp3) is 0.304. The van der Waals surface area contributed by atoms with Gasteiger partial charge in [-0.3, -0.25) is 4.79 Å². The average Bonchev–Trinajstić information content (AvgIpc) is 3.05. The van der Waals surface area contributed by atoms with Crippen molar-refractivity contribution >= 4 is 17.7 Å². The number of nitrogens with one attached hydrogen (secondary N) is 1. The Morgan fingerprint density at radius 2 is 1.83 bits per heavy atom. The highest BCUT2D eigenvalue weighted by Gasteiger charge is 2.12. The van der Waals surface area contributed by atoms with Crippen molar-refractivity contribution in [3.8, 4) is 5.75 Å². The molecular weight excluding hydrogens is 384 g/mol. The van der Waals surface area contributed by atoms with Gasteiger partial charge in [0.2, 0.25) is 5.91 Å². The van der Waals surface area contributed by atoms with Gasteiger partial charge in [-0.15, -0.1) is 11.8 Å². The zero-order chi connectivity index (χ0) is 20.8. The number of amides is 1. The molecule has 5 nitrogen and oxygen atoms in total. The van der Waals surface area contributed by atoms with E-state index in [9.17, 15) is 4.79 Å². The third-order valence-electron chi connectivity index (χ3n) is 4.85. The SMILES string of the molecule is CSc1ccc(C(C)NC(=O)Cc2ccc(OCc3c(C)noc3C)cc2)cc1. The van der Waals surface area contributed by atoms with Crippen molar-refractivity contribution in [2.45, 2.75) is 44.7 Å². The number of ether oxygens (including phenoxy) is 1. The number of carbonyl (C=O) groups excluding carboxylic acids is 1. The maximum absolute atomic E-state index is 12.4. The summed E-state index contributed by atoms with van der Waals surface area (Å²) in [5, 5.41) is 6.99. The predicted octanol–water partition coefficient (Wildman–Crippen LogP) is 5.01. The highest BCUT2D eigenvalue weighted by atomic mass is 32.2. The summed E-state index contributed by atoms with van der Waals surface area (Å²) in [5.41, 5.74) is 3.84. The summed E-state index contributed by atoms with van der Waals surface area (Å²) in [6.07, 6.45) is 2.38. The van der Waals surface area contributed by atoms with Gasteiger partial charge in [-0.2, -0.15) is 0 Å². The molecule has 0 saturated heterocycles. The molecule has 0 spiro atoms. The quantitative estimate of drug-likeness (QED) is 0.529. The molecule has 3 aromatic rings. The van der Waals surface area contributed by atoms with Gasteiger partial charge < -0.3 is 14.6 Å². The second kappa shape index (κ2) is 9.65. The molecule has 1 amide bonds. The Morgan fingerprint density at radius 1 is 1.14 bits per heavy atom. The molecule has 1 atom stereocenters. The lowest BCUT2D eigenvalue weighted by molar-refractivity contribution is -0.121. The summed E-state index contributed by atoms with van der Waals surface area (Å²) in [5.74, 6) is 1.51. The minimum absolute atomic E-state index is 0.00386. The second-order valence-corrected chi connectivity index (χ2v) is 7.85. The van der Waals surface area contributed by atoms with Crippen molar-refractivity contribution in [3.05, 3.63) is 76.7 Å². The largest absolute Gasteiger partial charge is 0.489 e. The van der Waals surface area contributed by atoms with Gasteiger partial charge in [0.1, 0.15) is 18.1 Å². The molecular formula is C23H26N2O3S. The van der Waals surface area contributed by atoms with Gasteiger partial charge in [-0.1, -0.05) is 29.4 Å². The third kappa shape index (κ3) is 5.64. The predicted molar refractivity (Wildman–Crippen MR) is 115 cm³/mol. The molecule has 29 heavy (non-hydrogen) atoms. The van der Waals surface area contributed by atoms with Crippen molar-refractivity contribution < 1.29 is 14.1 Å². The molecule has 152 valence electrons. The Bertz CT molecular complexity index is 930. The average molecular weight is 411 g/mol. The van der Waals surface area contributed by atoms with E-state index in [1.807, 2.05) is 51.3 Å². The number of thioether (sulfide) groups is 1. The Balaban J connectivity index is 1.51. The molecule has 0 aliphatic heterocycles. The minimum atomic E-state index is -0.0314. The van der Waals surface area contributed by atoms with Crippen LogP contribution in [0.25, 0.3) is 0 Å². The van der Waals surface area contributed by atoms with Crippen LogP contribution in [0.1, 0.15) is 41.1 Å². The first-order chi connectivity index (χ1) is 14.0. The topological polar surface area (TPSA) is 64.4 Å². The van der Waals surface area contributed by atoms with E-state index in [1.54, 1.807) is 11.8 Å². The maximum Gasteiger partial charge on any atom is 0.224 e. The molecule has 0 aliphatic carbocycles. The number of rotatable bonds is 8. The van der Waals surface area contributed by atoms with Gasteiger partial charge >= 0.3 is 0 Å². The standard InChI is InChI=1S/C23H26N2O3S/c1-15(19-7-11-21(29-4)12-8-19)24-23(26)13-18-5-9-20(10-6-18)27-14-22-16(2)25-28-17(22)3/h5-12,15H,13-14H2,1-4H3,(H,24,26). The molecule has 0 bridgehead atoms. The Hall–Kier alpha value is -2.73. The molecule has 1 N–H and O–H groups in total. The zero-order valence-corrected chi connectivity index (χ0v) is 18.0. The van der Waals surface area contributed by atoms with Crippen LogP contribution in [0.15, 0.2) is 57.9 Å². The number of carbonyl (C=O) groups is 1. The lowest BCUT2D eigenvalue weighted by Gasteiger charge is -2.15. The lowest BCUT2D eigenvalue weighted by atomic mass is 10.1. The Labute approximate surface area is 175 Å². The van der Waals surface area contributed by atoms with Gasteiger partial charge in [0, 0.05) is 4.90 Å². The van der Waals surface area contributed by atoms with Gasteiger partial charge in [0.15, 0.2) is 0 Å². The summed E-state index contributed by atoms with van der Waals surface area (Å²) >= 11 is 1.70. The Kier molecular flexibility index (Phi) is 6.99. The van der Waals surface area contributed by atoms with Crippen molar-refractivity contribution in [1.82, 2.24) is 10.5 Å². The second-order valence-electron chi connectivity index (χ2n) is 6.97. The number of aryl methyl sites for hydroxylation is 2. The molecule has 3 rings (SSSR count). The van der Waals surface area contributed by atoms with E-state index in [0.29, 0.717) is 13.0 Å². The molecule has 1 unspecified atom stereocenters. The third-order valence-corrected chi connectivity index (χ3v) is 5.59. The molecule has 0 aliphatic rings. The van der Waals surface area contributed by atoms with Crippen molar-refractivity contribution in [1.29, 1.82) is 0 Å². The molecule has 0 fully saturated rings. The number of hydrogen-bond donors (Lipinski definition) is 1. The van der Waals surface area contributed by atoms with Gasteiger partial charge in [-0.25, -0.2) is 0 Å². The van der Waals surface area contributed by atoms with Crippen molar-refractivity contribution in [2.24, 2.45) is 0 Å². The zero-order valence-electron chi connectivity index (χ0n) is 17.2. The van der Waals surface area contributed by atoms with Crippen LogP contribution in [0.4, 0.5) is 0 Å². The van der Waals surface area contributed by atoms with E-state index in [-0.39, 0.29) is 11.9 Å². The number of hydrogen-bond acceptors (Lipinski definition) is 5. The summed E-state index contributed by atoms with van der Waals surface area (Å²) in [6.45, 7) is 6.18. The van der Waals surface area contributed by atoms with Crippen LogP contribution in [-0.2, 0) is 17.8 Å². The molecule has 1 heterocycles. The fourth-order valence-electron chi connectivity index (χ4n) is 3.02. The van der Waals surface area contributed by atoms with Crippen LogP contribution in [0.5, 0.6) is 5.75 Å². The summed E-state index contributed by atoms with van der Waals surface area (Å²) in [7, 11) is 0. The first kappa shape index (κ1) is 21.0. The van der Waals surface area contributed by atoms with Crippen LogP contribution in [0, 0.1) is 13.8 Å². The molecule has 6 heteroatoms. The smallest absolute Gasteiger partial charge is 0.224 e. The van der Waals surface area contributed by atoms with E-state index in [4.69, 9.17) is 9.26 Å². The van der Waals surface area contributed by atoms with Gasteiger partial charge in [-0.05, 0) is 62.4 Å². The highest BCUT2D eigenvalue weighted by Crippen LogP contribution is 2.20. The lowest BCUT2D eigenvalue weighted by Crippen LogP contribution is -2.28. The van der Waals surface area contributed by atoms with E-state index in [0.717, 1.165) is 33.9 Å². The fourth-order valence-corrected chi connectivity index (χ4v) is 3.43. The summed E-state index contributed by atoms with van der Waals surface area (Å²) < 4.78 is 11.0. The number of nitrogens with zero attached hydrogens (tertiary/aromatic N) is 1. The van der Waals surface area contributed by atoms with Crippen molar-refractivity contribution in [2.75, 3.05) is 6.26 Å². The monoisotopic (exact) mass is 410 g/mol. The normalized spacial score (nSPS) is 11.9.